The Morgan fingerprint density at radius 3 is 2.62 bits per heavy atom. The van der Waals surface area contributed by atoms with Crippen LogP contribution in [0.4, 0.5) is 5.69 Å². The van der Waals surface area contributed by atoms with Crippen LogP contribution in [0.2, 0.25) is 0 Å². The summed E-state index contributed by atoms with van der Waals surface area (Å²) in [4.78, 5) is 2.40. The number of fused-ring (bicyclic) bond motifs is 1. The molecule has 0 aliphatic carbocycles. The zero-order valence-electron chi connectivity index (χ0n) is 15.2. The van der Waals surface area contributed by atoms with Gasteiger partial charge in [-0.05, 0) is 57.5 Å². The van der Waals surface area contributed by atoms with Crippen molar-refractivity contribution in [1.82, 2.24) is 4.90 Å². The van der Waals surface area contributed by atoms with E-state index in [2.05, 4.69) is 86.6 Å². The van der Waals surface area contributed by atoms with Gasteiger partial charge in [0.05, 0.1) is 12.2 Å². The highest BCUT2D eigenvalue weighted by molar-refractivity contribution is 5.60. The van der Waals surface area contributed by atoms with Crippen molar-refractivity contribution in [2.75, 3.05) is 18.9 Å². The molecular formula is C21H28N2O. The second kappa shape index (κ2) is 6.86. The van der Waals surface area contributed by atoms with E-state index in [1.54, 1.807) is 0 Å². The van der Waals surface area contributed by atoms with Gasteiger partial charge in [-0.2, -0.15) is 0 Å². The lowest BCUT2D eigenvalue weighted by Crippen LogP contribution is -2.40. The molecule has 0 saturated heterocycles. The standard InChI is InChI=1S/C21H28N2O/c1-16(23(4)14-17-8-6-5-7-9-17)12-18-10-11-20-19(13-18)22-15-21(2,3)24-20/h5-11,13,16,22H,12,14-15H2,1-4H3. The molecule has 24 heavy (non-hydrogen) atoms. The number of benzene rings is 2. The van der Waals surface area contributed by atoms with Gasteiger partial charge < -0.3 is 10.1 Å². The fraction of sp³-hybridized carbons (Fsp3) is 0.429. The number of ether oxygens (including phenoxy) is 1. The first-order valence-electron chi connectivity index (χ1n) is 8.73. The fourth-order valence-electron chi connectivity index (χ4n) is 3.10. The second-order valence-electron chi connectivity index (χ2n) is 7.50. The predicted octanol–water partition coefficient (Wildman–Crippen LogP) is 4.33. The van der Waals surface area contributed by atoms with Crippen molar-refractivity contribution in [1.29, 1.82) is 0 Å². The Morgan fingerprint density at radius 2 is 1.88 bits per heavy atom. The first kappa shape index (κ1) is 16.8. The summed E-state index contributed by atoms with van der Waals surface area (Å²) in [5.41, 5.74) is 3.67. The lowest BCUT2D eigenvalue weighted by atomic mass is 10.0. The van der Waals surface area contributed by atoms with Gasteiger partial charge in [-0.15, -0.1) is 0 Å². The number of nitrogens with one attached hydrogen (secondary N) is 1. The number of nitrogens with zero attached hydrogens (tertiary/aromatic N) is 1. The van der Waals surface area contributed by atoms with Gasteiger partial charge in [0.1, 0.15) is 11.4 Å². The Labute approximate surface area is 145 Å². The molecule has 0 radical (unpaired) electrons. The number of likely N-dealkylation sites (N-methyl/N-ethyl adjacent to an activating group) is 1. The fourth-order valence-corrected chi connectivity index (χ4v) is 3.10. The highest BCUT2D eigenvalue weighted by atomic mass is 16.5. The molecule has 1 aliphatic rings. The molecular weight excluding hydrogens is 296 g/mol. The topological polar surface area (TPSA) is 24.5 Å². The van der Waals surface area contributed by atoms with Gasteiger partial charge >= 0.3 is 0 Å². The smallest absolute Gasteiger partial charge is 0.143 e. The molecule has 2 aromatic carbocycles. The van der Waals surface area contributed by atoms with Gasteiger partial charge in [0, 0.05) is 12.6 Å². The van der Waals surface area contributed by atoms with Crippen LogP contribution in [0, 0.1) is 0 Å². The highest BCUT2D eigenvalue weighted by Crippen LogP contribution is 2.33. The quantitative estimate of drug-likeness (QED) is 0.886. The molecule has 1 heterocycles. The molecule has 0 spiro atoms. The van der Waals surface area contributed by atoms with Crippen molar-refractivity contribution in [2.24, 2.45) is 0 Å². The average molecular weight is 324 g/mol. The van der Waals surface area contributed by atoms with Crippen LogP contribution in [0.3, 0.4) is 0 Å². The van der Waals surface area contributed by atoms with E-state index in [4.69, 9.17) is 4.74 Å². The van der Waals surface area contributed by atoms with Crippen LogP contribution < -0.4 is 10.1 Å². The van der Waals surface area contributed by atoms with Crippen molar-refractivity contribution in [3.05, 3.63) is 59.7 Å². The summed E-state index contributed by atoms with van der Waals surface area (Å²) < 4.78 is 6.03. The third-order valence-corrected chi connectivity index (χ3v) is 4.69. The van der Waals surface area contributed by atoms with E-state index in [9.17, 15) is 0 Å². The average Bonchev–Trinajstić information content (AvgIpc) is 2.55. The van der Waals surface area contributed by atoms with Crippen molar-refractivity contribution in [3.63, 3.8) is 0 Å². The van der Waals surface area contributed by atoms with Gasteiger partial charge in [0.25, 0.3) is 0 Å². The molecule has 2 aromatic rings. The third kappa shape index (κ3) is 4.09. The summed E-state index contributed by atoms with van der Waals surface area (Å²) >= 11 is 0. The molecule has 0 aromatic heterocycles. The van der Waals surface area contributed by atoms with Crippen LogP contribution in [-0.4, -0.2) is 30.1 Å². The molecule has 1 atom stereocenters. The Bertz CT molecular complexity index is 681. The lowest BCUT2D eigenvalue weighted by Gasteiger charge is -2.34. The number of anilines is 1. The van der Waals surface area contributed by atoms with Crippen molar-refractivity contribution < 1.29 is 4.74 Å². The maximum atomic E-state index is 6.03. The molecule has 0 saturated carbocycles. The van der Waals surface area contributed by atoms with E-state index in [0.717, 1.165) is 30.9 Å². The summed E-state index contributed by atoms with van der Waals surface area (Å²) in [6.07, 6.45) is 1.03. The number of hydrogen-bond donors (Lipinski definition) is 1. The third-order valence-electron chi connectivity index (χ3n) is 4.69. The minimum Gasteiger partial charge on any atom is -0.484 e. The molecule has 3 nitrogen and oxygen atoms in total. The Hall–Kier alpha value is -2.00. The predicted molar refractivity (Wildman–Crippen MR) is 101 cm³/mol. The zero-order chi connectivity index (χ0) is 17.2. The highest BCUT2D eigenvalue weighted by Gasteiger charge is 2.26. The largest absolute Gasteiger partial charge is 0.484 e. The van der Waals surface area contributed by atoms with Crippen LogP contribution in [0.15, 0.2) is 48.5 Å². The normalized spacial score (nSPS) is 16.9. The van der Waals surface area contributed by atoms with E-state index in [-0.39, 0.29) is 5.60 Å². The molecule has 0 amide bonds. The van der Waals surface area contributed by atoms with E-state index >= 15 is 0 Å². The van der Waals surface area contributed by atoms with Crippen LogP contribution in [0.5, 0.6) is 5.75 Å². The van der Waals surface area contributed by atoms with Crippen molar-refractivity contribution in [3.8, 4) is 5.75 Å². The van der Waals surface area contributed by atoms with Crippen molar-refractivity contribution >= 4 is 5.69 Å². The summed E-state index contributed by atoms with van der Waals surface area (Å²) in [5, 5.41) is 3.50. The molecule has 1 aliphatic heterocycles. The van der Waals surface area contributed by atoms with Gasteiger partial charge in [-0.3, -0.25) is 4.90 Å². The summed E-state index contributed by atoms with van der Waals surface area (Å²) in [7, 11) is 2.19. The summed E-state index contributed by atoms with van der Waals surface area (Å²) in [5.74, 6) is 0.959. The Kier molecular flexibility index (Phi) is 4.81. The van der Waals surface area contributed by atoms with Crippen LogP contribution in [0.25, 0.3) is 0 Å². The first-order valence-corrected chi connectivity index (χ1v) is 8.73. The SMILES string of the molecule is CC(Cc1ccc2c(c1)NCC(C)(C)O2)N(C)Cc1ccccc1. The van der Waals surface area contributed by atoms with Gasteiger partial charge in [-0.25, -0.2) is 0 Å². The minimum atomic E-state index is -0.141. The van der Waals surface area contributed by atoms with Crippen molar-refractivity contribution in [2.45, 2.75) is 45.4 Å². The maximum Gasteiger partial charge on any atom is 0.143 e. The summed E-state index contributed by atoms with van der Waals surface area (Å²) in [6.45, 7) is 8.32. The number of hydrogen-bond acceptors (Lipinski definition) is 3. The molecule has 0 fully saturated rings. The molecule has 0 bridgehead atoms. The van der Waals surface area contributed by atoms with Gasteiger partial charge in [0.2, 0.25) is 0 Å². The lowest BCUT2D eigenvalue weighted by molar-refractivity contribution is 0.116. The monoisotopic (exact) mass is 324 g/mol. The van der Waals surface area contributed by atoms with Crippen LogP contribution in [0.1, 0.15) is 31.9 Å². The van der Waals surface area contributed by atoms with Gasteiger partial charge in [0.15, 0.2) is 0 Å². The van der Waals surface area contributed by atoms with E-state index in [1.165, 1.54) is 11.1 Å². The maximum absolute atomic E-state index is 6.03. The Balaban J connectivity index is 1.63. The van der Waals surface area contributed by atoms with E-state index < -0.39 is 0 Å². The summed E-state index contributed by atoms with van der Waals surface area (Å²) in [6, 6.07) is 17.6. The van der Waals surface area contributed by atoms with Crippen LogP contribution in [-0.2, 0) is 13.0 Å². The molecule has 1 N–H and O–H groups in total. The van der Waals surface area contributed by atoms with E-state index in [1.807, 2.05) is 0 Å². The van der Waals surface area contributed by atoms with Gasteiger partial charge in [-0.1, -0.05) is 36.4 Å². The molecule has 3 heteroatoms. The zero-order valence-corrected chi connectivity index (χ0v) is 15.2. The second-order valence-corrected chi connectivity index (χ2v) is 7.50. The molecule has 3 rings (SSSR count). The first-order chi connectivity index (χ1) is 11.4. The van der Waals surface area contributed by atoms with E-state index in [0.29, 0.717) is 6.04 Å². The van der Waals surface area contributed by atoms with Crippen LogP contribution >= 0.6 is 0 Å². The molecule has 1 unspecified atom stereocenters. The Morgan fingerprint density at radius 1 is 1.12 bits per heavy atom. The number of rotatable bonds is 5. The molecule has 128 valence electrons. The minimum absolute atomic E-state index is 0.141.